The standard InChI is InChI=1S/C30H34N2O/c1-6-21-8-16-25(17-9-21)31-27-20-28(23-12-14-24(15-13-23)30(3,4)5)32(29(27)33)26-18-10-22(7-2)11-19-26/h8-20,28,31H,6-7H2,1-5H3/t28-/m0/s1. The van der Waals surface area contributed by atoms with E-state index in [2.05, 4.69) is 107 Å². The predicted molar refractivity (Wildman–Crippen MR) is 139 cm³/mol. The van der Waals surface area contributed by atoms with E-state index in [1.807, 2.05) is 17.0 Å². The molecule has 3 aromatic rings. The van der Waals surface area contributed by atoms with Crippen LogP contribution in [0.5, 0.6) is 0 Å². The minimum atomic E-state index is -0.156. The monoisotopic (exact) mass is 438 g/mol. The SMILES string of the molecule is CCc1ccc(NC2=C[C@@H](c3ccc(C(C)(C)C)cc3)N(c3ccc(CC)cc3)C2=O)cc1. The molecule has 1 aliphatic rings. The maximum absolute atomic E-state index is 13.6. The zero-order valence-corrected chi connectivity index (χ0v) is 20.4. The van der Waals surface area contributed by atoms with Gasteiger partial charge in [-0.3, -0.25) is 9.69 Å². The lowest BCUT2D eigenvalue weighted by Crippen LogP contribution is -2.30. The van der Waals surface area contributed by atoms with Crippen LogP contribution in [0.4, 0.5) is 11.4 Å². The molecule has 0 saturated heterocycles. The summed E-state index contributed by atoms with van der Waals surface area (Å²) in [5.74, 6) is -0.0104. The van der Waals surface area contributed by atoms with Crippen molar-refractivity contribution in [2.24, 2.45) is 0 Å². The third-order valence-electron chi connectivity index (χ3n) is 6.43. The van der Waals surface area contributed by atoms with E-state index in [0.29, 0.717) is 5.70 Å². The molecular formula is C30H34N2O. The van der Waals surface area contributed by atoms with Crippen LogP contribution in [0.2, 0.25) is 0 Å². The predicted octanol–water partition coefficient (Wildman–Crippen LogP) is 7.19. The first-order valence-corrected chi connectivity index (χ1v) is 11.9. The van der Waals surface area contributed by atoms with E-state index < -0.39 is 0 Å². The maximum Gasteiger partial charge on any atom is 0.275 e. The van der Waals surface area contributed by atoms with Gasteiger partial charge in [-0.15, -0.1) is 0 Å². The summed E-state index contributed by atoms with van der Waals surface area (Å²) in [6.07, 6.45) is 4.02. The molecule has 3 heteroatoms. The van der Waals surface area contributed by atoms with Gasteiger partial charge in [-0.25, -0.2) is 0 Å². The van der Waals surface area contributed by atoms with Crippen molar-refractivity contribution in [3.05, 3.63) is 107 Å². The molecule has 4 rings (SSSR count). The van der Waals surface area contributed by atoms with E-state index >= 15 is 0 Å². The second-order valence-electron chi connectivity index (χ2n) is 9.77. The van der Waals surface area contributed by atoms with E-state index in [9.17, 15) is 4.79 Å². The summed E-state index contributed by atoms with van der Waals surface area (Å²) in [5, 5.41) is 3.37. The van der Waals surface area contributed by atoms with Crippen LogP contribution in [0.25, 0.3) is 0 Å². The summed E-state index contributed by atoms with van der Waals surface area (Å²) >= 11 is 0. The first-order chi connectivity index (χ1) is 15.8. The van der Waals surface area contributed by atoms with Gasteiger partial charge in [0.15, 0.2) is 0 Å². The van der Waals surface area contributed by atoms with Gasteiger partial charge in [-0.1, -0.05) is 83.1 Å². The molecule has 1 amide bonds. The first-order valence-electron chi connectivity index (χ1n) is 11.9. The molecule has 3 aromatic carbocycles. The van der Waals surface area contributed by atoms with Crippen LogP contribution in [-0.4, -0.2) is 5.91 Å². The molecule has 0 aromatic heterocycles. The zero-order valence-electron chi connectivity index (χ0n) is 20.4. The van der Waals surface area contributed by atoms with Crippen LogP contribution < -0.4 is 10.2 Å². The Morgan fingerprint density at radius 1 is 0.788 bits per heavy atom. The molecule has 170 valence electrons. The number of nitrogens with one attached hydrogen (secondary N) is 1. The van der Waals surface area contributed by atoms with Crippen LogP contribution in [0.1, 0.15) is 62.9 Å². The Labute approximate surface area is 198 Å². The molecule has 1 aliphatic heterocycles. The molecule has 0 unspecified atom stereocenters. The highest BCUT2D eigenvalue weighted by Gasteiger charge is 2.35. The number of hydrogen-bond acceptors (Lipinski definition) is 2. The number of rotatable bonds is 6. The highest BCUT2D eigenvalue weighted by Crippen LogP contribution is 2.37. The Morgan fingerprint density at radius 3 is 1.85 bits per heavy atom. The molecule has 33 heavy (non-hydrogen) atoms. The Hall–Kier alpha value is -3.33. The number of carbonyl (C=O) groups excluding carboxylic acids is 1. The van der Waals surface area contributed by atoms with Crippen LogP contribution >= 0.6 is 0 Å². The average Bonchev–Trinajstić information content (AvgIpc) is 3.15. The molecule has 1 heterocycles. The van der Waals surface area contributed by atoms with E-state index in [4.69, 9.17) is 0 Å². The van der Waals surface area contributed by atoms with Crippen molar-refractivity contribution in [3.63, 3.8) is 0 Å². The highest BCUT2D eigenvalue weighted by atomic mass is 16.2. The van der Waals surface area contributed by atoms with Gasteiger partial charge in [0.2, 0.25) is 0 Å². The van der Waals surface area contributed by atoms with Crippen LogP contribution in [0.15, 0.2) is 84.6 Å². The molecule has 0 spiro atoms. The van der Waals surface area contributed by atoms with Crippen LogP contribution in [0, 0.1) is 0 Å². The van der Waals surface area contributed by atoms with Crippen molar-refractivity contribution in [2.75, 3.05) is 10.2 Å². The Morgan fingerprint density at radius 2 is 1.33 bits per heavy atom. The Kier molecular flexibility index (Phi) is 6.42. The number of hydrogen-bond donors (Lipinski definition) is 1. The van der Waals surface area contributed by atoms with Crippen molar-refractivity contribution < 1.29 is 4.79 Å². The molecule has 1 atom stereocenters. The van der Waals surface area contributed by atoms with Gasteiger partial charge in [-0.2, -0.15) is 0 Å². The summed E-state index contributed by atoms with van der Waals surface area (Å²) in [6, 6.07) is 25.1. The topological polar surface area (TPSA) is 32.3 Å². The van der Waals surface area contributed by atoms with Crippen molar-refractivity contribution in [1.29, 1.82) is 0 Å². The van der Waals surface area contributed by atoms with Crippen molar-refractivity contribution in [3.8, 4) is 0 Å². The number of carbonyl (C=O) groups is 1. The molecule has 0 bridgehead atoms. The fourth-order valence-electron chi connectivity index (χ4n) is 4.23. The van der Waals surface area contributed by atoms with Crippen LogP contribution in [0.3, 0.4) is 0 Å². The Balaban J connectivity index is 1.69. The summed E-state index contributed by atoms with van der Waals surface area (Å²) in [5.41, 5.74) is 7.48. The van der Waals surface area contributed by atoms with Gasteiger partial charge in [0.05, 0.1) is 6.04 Å². The van der Waals surface area contributed by atoms with Gasteiger partial charge < -0.3 is 5.32 Å². The maximum atomic E-state index is 13.6. The molecule has 3 nitrogen and oxygen atoms in total. The number of benzene rings is 3. The van der Waals surface area contributed by atoms with Gasteiger partial charge in [0.1, 0.15) is 5.70 Å². The summed E-state index contributed by atoms with van der Waals surface area (Å²) < 4.78 is 0. The lowest BCUT2D eigenvalue weighted by Gasteiger charge is -2.26. The van der Waals surface area contributed by atoms with Gasteiger partial charge in [0, 0.05) is 11.4 Å². The molecular weight excluding hydrogens is 404 g/mol. The lowest BCUT2D eigenvalue weighted by atomic mass is 9.86. The molecule has 0 aliphatic carbocycles. The van der Waals surface area contributed by atoms with Crippen LogP contribution in [-0.2, 0) is 23.1 Å². The Bertz CT molecular complexity index is 1130. The lowest BCUT2D eigenvalue weighted by molar-refractivity contribution is -0.114. The second kappa shape index (κ2) is 9.27. The van der Waals surface area contributed by atoms with E-state index in [0.717, 1.165) is 29.8 Å². The summed E-state index contributed by atoms with van der Waals surface area (Å²) in [7, 11) is 0. The van der Waals surface area contributed by atoms with E-state index in [1.165, 1.54) is 16.7 Å². The molecule has 0 radical (unpaired) electrons. The normalized spacial score (nSPS) is 16.2. The second-order valence-corrected chi connectivity index (χ2v) is 9.77. The minimum Gasteiger partial charge on any atom is -0.351 e. The number of amides is 1. The third-order valence-corrected chi connectivity index (χ3v) is 6.43. The third kappa shape index (κ3) is 4.88. The fourth-order valence-corrected chi connectivity index (χ4v) is 4.23. The highest BCUT2D eigenvalue weighted by molar-refractivity contribution is 6.11. The molecule has 0 saturated carbocycles. The van der Waals surface area contributed by atoms with E-state index in [1.54, 1.807) is 0 Å². The number of anilines is 2. The van der Waals surface area contributed by atoms with Crippen molar-refractivity contribution in [1.82, 2.24) is 0 Å². The molecule has 0 fully saturated rings. The number of aryl methyl sites for hydroxylation is 2. The summed E-state index contributed by atoms with van der Waals surface area (Å²) in [4.78, 5) is 15.5. The van der Waals surface area contributed by atoms with E-state index in [-0.39, 0.29) is 17.4 Å². The largest absolute Gasteiger partial charge is 0.351 e. The van der Waals surface area contributed by atoms with Gasteiger partial charge >= 0.3 is 0 Å². The number of nitrogens with zero attached hydrogens (tertiary/aromatic N) is 1. The van der Waals surface area contributed by atoms with Crippen molar-refractivity contribution >= 4 is 17.3 Å². The summed E-state index contributed by atoms with van der Waals surface area (Å²) in [6.45, 7) is 10.9. The smallest absolute Gasteiger partial charge is 0.275 e. The molecule has 1 N–H and O–H groups in total. The first kappa shape index (κ1) is 22.8. The average molecular weight is 439 g/mol. The zero-order chi connectivity index (χ0) is 23.6. The van der Waals surface area contributed by atoms with Gasteiger partial charge in [-0.05, 0) is 70.9 Å². The quantitative estimate of drug-likeness (QED) is 0.441. The van der Waals surface area contributed by atoms with Crippen molar-refractivity contribution in [2.45, 2.75) is 58.9 Å². The van der Waals surface area contributed by atoms with Gasteiger partial charge in [0.25, 0.3) is 5.91 Å². The fraction of sp³-hybridized carbons (Fsp3) is 0.300. The minimum absolute atomic E-state index is 0.0104.